The number of carbonyl (C=O) groups excluding carboxylic acids is 1. The zero-order valence-electron chi connectivity index (χ0n) is 13.3. The summed E-state index contributed by atoms with van der Waals surface area (Å²) in [7, 11) is 1.52. The van der Waals surface area contributed by atoms with E-state index in [0.717, 1.165) is 0 Å². The quantitative estimate of drug-likeness (QED) is 0.571. The van der Waals surface area contributed by atoms with Gasteiger partial charge >= 0.3 is 0 Å². The Hall–Kier alpha value is -2.80. The molecular weight excluding hydrogens is 328 g/mol. The molecule has 0 aromatic heterocycles. The number of phenolic OH excluding ortho intramolecular Hbond substituents is 1. The topological polar surface area (TPSA) is 79.8 Å². The van der Waals surface area contributed by atoms with Gasteiger partial charge in [0.2, 0.25) is 0 Å². The van der Waals surface area contributed by atoms with Gasteiger partial charge in [0.25, 0.3) is 5.91 Å². The van der Waals surface area contributed by atoms with E-state index in [1.807, 2.05) is 6.92 Å². The van der Waals surface area contributed by atoms with Crippen LogP contribution in [0.5, 0.6) is 17.2 Å². The van der Waals surface area contributed by atoms with Crippen molar-refractivity contribution in [2.45, 2.75) is 6.92 Å². The van der Waals surface area contributed by atoms with Gasteiger partial charge in [-0.05, 0) is 49.5 Å². The van der Waals surface area contributed by atoms with E-state index in [1.165, 1.54) is 13.2 Å². The van der Waals surface area contributed by atoms with Crippen LogP contribution in [0.2, 0.25) is 0 Å². The summed E-state index contributed by atoms with van der Waals surface area (Å²) in [6.07, 6.45) is 0. The van der Waals surface area contributed by atoms with E-state index in [1.54, 1.807) is 36.4 Å². The molecule has 0 aliphatic rings. The van der Waals surface area contributed by atoms with E-state index in [9.17, 15) is 9.90 Å². The average Bonchev–Trinajstić information content (AvgIpc) is 2.57. The number of thiocarbonyl (C=S) groups is 1. The zero-order chi connectivity index (χ0) is 17.5. The molecule has 0 saturated heterocycles. The minimum absolute atomic E-state index is 0.00857. The molecule has 2 aromatic rings. The molecule has 126 valence electrons. The number of ether oxygens (including phenoxy) is 2. The molecule has 0 aliphatic heterocycles. The molecule has 6 nitrogen and oxygen atoms in total. The number of methoxy groups -OCH3 is 1. The molecule has 0 spiro atoms. The maximum Gasteiger partial charge on any atom is 0.257 e. The second-order valence-corrected chi connectivity index (χ2v) is 5.16. The fourth-order valence-corrected chi connectivity index (χ4v) is 2.17. The fraction of sp³-hybridized carbons (Fsp3) is 0.176. The number of phenols is 1. The highest BCUT2D eigenvalue weighted by atomic mass is 32.1. The molecule has 24 heavy (non-hydrogen) atoms. The third-order valence-corrected chi connectivity index (χ3v) is 3.29. The first-order chi connectivity index (χ1) is 11.5. The van der Waals surface area contributed by atoms with Crippen LogP contribution in [0, 0.1) is 0 Å². The van der Waals surface area contributed by atoms with Crippen molar-refractivity contribution in [1.82, 2.24) is 5.32 Å². The van der Waals surface area contributed by atoms with E-state index in [2.05, 4.69) is 10.6 Å². The molecule has 2 rings (SSSR count). The number of aromatic hydroxyl groups is 1. The van der Waals surface area contributed by atoms with Crippen LogP contribution >= 0.6 is 12.2 Å². The lowest BCUT2D eigenvalue weighted by Crippen LogP contribution is -2.34. The van der Waals surface area contributed by atoms with Gasteiger partial charge < -0.3 is 19.9 Å². The molecule has 0 bridgehead atoms. The van der Waals surface area contributed by atoms with Crippen LogP contribution < -0.4 is 20.1 Å². The predicted molar refractivity (Wildman–Crippen MR) is 96.0 cm³/mol. The summed E-state index contributed by atoms with van der Waals surface area (Å²) in [4.78, 5) is 12.2. The molecule has 0 aliphatic carbocycles. The van der Waals surface area contributed by atoms with Gasteiger partial charge in [0.1, 0.15) is 17.2 Å². The smallest absolute Gasteiger partial charge is 0.257 e. The molecule has 1 amide bonds. The first kappa shape index (κ1) is 17.6. The van der Waals surface area contributed by atoms with Gasteiger partial charge in [0.05, 0.1) is 19.4 Å². The van der Waals surface area contributed by atoms with Gasteiger partial charge in [-0.1, -0.05) is 6.07 Å². The van der Waals surface area contributed by atoms with Gasteiger partial charge in [-0.2, -0.15) is 0 Å². The Labute approximate surface area is 145 Å². The predicted octanol–water partition coefficient (Wildman–Crippen LogP) is 2.93. The molecule has 7 heteroatoms. The molecule has 0 heterocycles. The lowest BCUT2D eigenvalue weighted by Gasteiger charge is -2.12. The number of benzene rings is 2. The van der Waals surface area contributed by atoms with Crippen molar-refractivity contribution in [2.24, 2.45) is 0 Å². The van der Waals surface area contributed by atoms with Crippen molar-refractivity contribution >= 4 is 28.9 Å². The van der Waals surface area contributed by atoms with Crippen molar-refractivity contribution in [3.63, 3.8) is 0 Å². The van der Waals surface area contributed by atoms with E-state index < -0.39 is 0 Å². The fourth-order valence-electron chi connectivity index (χ4n) is 1.96. The first-order valence-electron chi connectivity index (χ1n) is 7.25. The molecule has 2 aromatic carbocycles. The molecule has 0 radical (unpaired) electrons. The number of amides is 1. The Balaban J connectivity index is 2.04. The largest absolute Gasteiger partial charge is 0.506 e. The minimum atomic E-state index is -0.378. The standard InChI is InChI=1S/C17H18N2O4S/c1-3-23-13-6-4-5-11(9-13)16(21)19-17(24)18-14-10-12(22-2)7-8-15(14)20/h4-10,20H,3H2,1-2H3,(H2,18,19,21,24). The Kier molecular flexibility index (Phi) is 5.97. The summed E-state index contributed by atoms with van der Waals surface area (Å²) in [5.74, 6) is 0.769. The van der Waals surface area contributed by atoms with Gasteiger partial charge in [-0.3, -0.25) is 10.1 Å². The van der Waals surface area contributed by atoms with Crippen LogP contribution in [0.4, 0.5) is 5.69 Å². The summed E-state index contributed by atoms with van der Waals surface area (Å²) < 4.78 is 10.4. The monoisotopic (exact) mass is 346 g/mol. The molecule has 0 atom stereocenters. The second-order valence-electron chi connectivity index (χ2n) is 4.75. The van der Waals surface area contributed by atoms with Gasteiger partial charge in [-0.15, -0.1) is 0 Å². The Morgan fingerprint density at radius 3 is 2.71 bits per heavy atom. The van der Waals surface area contributed by atoms with Gasteiger partial charge in [0.15, 0.2) is 5.11 Å². The van der Waals surface area contributed by atoms with Crippen LogP contribution in [-0.2, 0) is 0 Å². The Bertz CT molecular complexity index is 749. The van der Waals surface area contributed by atoms with E-state index in [0.29, 0.717) is 29.4 Å². The molecule has 0 unspecified atom stereocenters. The zero-order valence-corrected chi connectivity index (χ0v) is 14.1. The van der Waals surface area contributed by atoms with Crippen LogP contribution in [0.1, 0.15) is 17.3 Å². The Morgan fingerprint density at radius 1 is 1.21 bits per heavy atom. The summed E-state index contributed by atoms with van der Waals surface area (Å²) in [6.45, 7) is 2.38. The van der Waals surface area contributed by atoms with Crippen molar-refractivity contribution in [3.05, 3.63) is 48.0 Å². The summed E-state index contributed by atoms with van der Waals surface area (Å²) in [5, 5.41) is 15.2. The van der Waals surface area contributed by atoms with Gasteiger partial charge in [-0.25, -0.2) is 0 Å². The maximum absolute atomic E-state index is 12.2. The van der Waals surface area contributed by atoms with E-state index in [-0.39, 0.29) is 16.8 Å². The number of anilines is 1. The summed E-state index contributed by atoms with van der Waals surface area (Å²) >= 11 is 5.11. The van der Waals surface area contributed by atoms with Crippen LogP contribution in [0.15, 0.2) is 42.5 Å². The van der Waals surface area contributed by atoms with E-state index in [4.69, 9.17) is 21.7 Å². The normalized spacial score (nSPS) is 9.92. The second kappa shape index (κ2) is 8.16. The summed E-state index contributed by atoms with van der Waals surface area (Å²) in [5.41, 5.74) is 0.752. The summed E-state index contributed by atoms with van der Waals surface area (Å²) in [6, 6.07) is 11.4. The number of carbonyl (C=O) groups is 1. The lowest BCUT2D eigenvalue weighted by molar-refractivity contribution is 0.0977. The highest BCUT2D eigenvalue weighted by molar-refractivity contribution is 7.80. The van der Waals surface area contributed by atoms with Crippen molar-refractivity contribution < 1.29 is 19.4 Å². The highest BCUT2D eigenvalue weighted by Crippen LogP contribution is 2.27. The third kappa shape index (κ3) is 4.60. The van der Waals surface area contributed by atoms with E-state index >= 15 is 0 Å². The number of nitrogens with one attached hydrogen (secondary N) is 2. The average molecular weight is 346 g/mol. The van der Waals surface area contributed by atoms with Crippen LogP contribution in [0.25, 0.3) is 0 Å². The molecule has 3 N–H and O–H groups in total. The van der Waals surface area contributed by atoms with Crippen LogP contribution in [-0.4, -0.2) is 29.8 Å². The Morgan fingerprint density at radius 2 is 2.00 bits per heavy atom. The maximum atomic E-state index is 12.2. The van der Waals surface area contributed by atoms with Crippen molar-refractivity contribution in [2.75, 3.05) is 19.0 Å². The number of rotatable bonds is 5. The lowest BCUT2D eigenvalue weighted by atomic mass is 10.2. The molecule has 0 fully saturated rings. The minimum Gasteiger partial charge on any atom is -0.506 e. The van der Waals surface area contributed by atoms with Crippen molar-refractivity contribution in [1.29, 1.82) is 0 Å². The highest BCUT2D eigenvalue weighted by Gasteiger charge is 2.11. The van der Waals surface area contributed by atoms with Gasteiger partial charge in [0, 0.05) is 11.6 Å². The third-order valence-electron chi connectivity index (χ3n) is 3.09. The molecular formula is C17H18N2O4S. The number of hydrogen-bond acceptors (Lipinski definition) is 5. The van der Waals surface area contributed by atoms with Crippen LogP contribution in [0.3, 0.4) is 0 Å². The van der Waals surface area contributed by atoms with Crippen molar-refractivity contribution in [3.8, 4) is 17.2 Å². The first-order valence-corrected chi connectivity index (χ1v) is 7.66. The number of hydrogen-bond donors (Lipinski definition) is 3. The SMILES string of the molecule is CCOc1cccc(C(=O)NC(=S)Nc2cc(OC)ccc2O)c1. The molecule has 0 saturated carbocycles.